The number of hydrogen-bond acceptors (Lipinski definition) is 3. The minimum Gasteiger partial charge on any atom is -0.311 e. The third kappa shape index (κ3) is 3.76. The highest BCUT2D eigenvalue weighted by molar-refractivity contribution is 8.13. The van der Waals surface area contributed by atoms with Gasteiger partial charge >= 0.3 is 6.18 Å². The Balaban J connectivity index is 2.22. The van der Waals surface area contributed by atoms with Crippen molar-refractivity contribution in [2.45, 2.75) is 19.5 Å². The molecule has 2 rings (SSSR count). The topological polar surface area (TPSA) is 37.4 Å². The Morgan fingerprint density at radius 1 is 1.45 bits per heavy atom. The van der Waals surface area contributed by atoms with E-state index in [2.05, 4.69) is 0 Å². The molecule has 8 heteroatoms. The standard InChI is InChI=1S/C14H13ClF3NO2S/c1-8(20)22-7-9-5-12(21)19(6-9)11-4-2-3-10(13(11)15)14(16,17)18/h2-4,9H,5-7H2,1H3. The smallest absolute Gasteiger partial charge is 0.311 e. The summed E-state index contributed by atoms with van der Waals surface area (Å²) in [7, 11) is 0. The van der Waals surface area contributed by atoms with Gasteiger partial charge in [0.05, 0.1) is 16.3 Å². The van der Waals surface area contributed by atoms with Crippen LogP contribution >= 0.6 is 23.4 Å². The fourth-order valence-corrected chi connectivity index (χ4v) is 3.34. The van der Waals surface area contributed by atoms with E-state index in [0.717, 1.165) is 17.8 Å². The highest BCUT2D eigenvalue weighted by atomic mass is 35.5. The number of hydrogen-bond donors (Lipinski definition) is 0. The van der Waals surface area contributed by atoms with Crippen molar-refractivity contribution in [1.29, 1.82) is 0 Å². The monoisotopic (exact) mass is 351 g/mol. The maximum Gasteiger partial charge on any atom is 0.417 e. The van der Waals surface area contributed by atoms with Gasteiger partial charge in [0, 0.05) is 25.6 Å². The Morgan fingerprint density at radius 3 is 2.73 bits per heavy atom. The Bertz CT molecular complexity index is 606. The molecule has 120 valence electrons. The molecule has 0 spiro atoms. The Kier molecular flexibility index (Phi) is 5.07. The molecule has 0 bridgehead atoms. The van der Waals surface area contributed by atoms with Gasteiger partial charge in [-0.3, -0.25) is 9.59 Å². The van der Waals surface area contributed by atoms with Crippen LogP contribution in [0.25, 0.3) is 0 Å². The maximum atomic E-state index is 12.9. The number of carbonyl (C=O) groups excluding carboxylic acids is 2. The molecule has 1 aliphatic rings. The van der Waals surface area contributed by atoms with Gasteiger partial charge < -0.3 is 4.90 Å². The summed E-state index contributed by atoms with van der Waals surface area (Å²) in [6.07, 6.45) is -4.37. The highest BCUT2D eigenvalue weighted by Gasteiger charge is 2.37. The fourth-order valence-electron chi connectivity index (χ4n) is 2.31. The molecular weight excluding hydrogens is 339 g/mol. The van der Waals surface area contributed by atoms with Crippen molar-refractivity contribution < 1.29 is 22.8 Å². The molecule has 1 amide bonds. The lowest BCUT2D eigenvalue weighted by Gasteiger charge is -2.20. The quantitative estimate of drug-likeness (QED) is 0.826. The predicted octanol–water partition coefficient (Wildman–Crippen LogP) is 3.99. The molecule has 0 aromatic heterocycles. The molecule has 0 aliphatic carbocycles. The summed E-state index contributed by atoms with van der Waals surface area (Å²) >= 11 is 6.95. The lowest BCUT2D eigenvalue weighted by atomic mass is 10.1. The Labute approximate surface area is 134 Å². The number of anilines is 1. The molecule has 1 heterocycles. The van der Waals surface area contributed by atoms with Gasteiger partial charge in [0.25, 0.3) is 0 Å². The number of rotatable bonds is 3. The van der Waals surface area contributed by atoms with E-state index in [0.29, 0.717) is 5.75 Å². The second-order valence-electron chi connectivity index (χ2n) is 5.01. The number of amides is 1. The molecule has 1 aromatic carbocycles. The number of carbonyl (C=O) groups is 2. The Hall–Kier alpha value is -1.21. The van der Waals surface area contributed by atoms with E-state index >= 15 is 0 Å². The van der Waals surface area contributed by atoms with E-state index in [9.17, 15) is 22.8 Å². The van der Waals surface area contributed by atoms with Crippen molar-refractivity contribution in [3.8, 4) is 0 Å². The molecule has 1 atom stereocenters. The van der Waals surface area contributed by atoms with Crippen LogP contribution in [0.1, 0.15) is 18.9 Å². The van der Waals surface area contributed by atoms with Crippen LogP contribution in [0, 0.1) is 5.92 Å². The lowest BCUT2D eigenvalue weighted by Crippen LogP contribution is -2.25. The van der Waals surface area contributed by atoms with Crippen molar-refractivity contribution in [2.24, 2.45) is 5.92 Å². The first-order chi connectivity index (χ1) is 10.2. The minimum atomic E-state index is -4.57. The van der Waals surface area contributed by atoms with Crippen molar-refractivity contribution in [3.05, 3.63) is 28.8 Å². The summed E-state index contributed by atoms with van der Waals surface area (Å²) in [5.41, 5.74) is -0.891. The van der Waals surface area contributed by atoms with Gasteiger partial charge in [-0.15, -0.1) is 0 Å². The van der Waals surface area contributed by atoms with Crippen LogP contribution in [0.2, 0.25) is 5.02 Å². The van der Waals surface area contributed by atoms with Crippen LogP contribution in [0.15, 0.2) is 18.2 Å². The van der Waals surface area contributed by atoms with Crippen molar-refractivity contribution in [1.82, 2.24) is 0 Å². The van der Waals surface area contributed by atoms with Crippen LogP contribution < -0.4 is 4.90 Å². The summed E-state index contributed by atoms with van der Waals surface area (Å²) in [5.74, 6) is 0.108. The van der Waals surface area contributed by atoms with E-state index in [1.54, 1.807) is 0 Å². The molecule has 1 aliphatic heterocycles. The molecule has 1 aromatic rings. The van der Waals surface area contributed by atoms with Crippen LogP contribution in [0.4, 0.5) is 18.9 Å². The molecule has 1 fully saturated rings. The third-order valence-electron chi connectivity index (χ3n) is 3.30. The van der Waals surface area contributed by atoms with E-state index in [1.165, 1.54) is 24.0 Å². The van der Waals surface area contributed by atoms with E-state index in [-0.39, 0.29) is 35.6 Å². The molecule has 1 unspecified atom stereocenters. The molecule has 22 heavy (non-hydrogen) atoms. The van der Waals surface area contributed by atoms with Gasteiger partial charge in [-0.25, -0.2) is 0 Å². The summed E-state index contributed by atoms with van der Waals surface area (Å²) in [4.78, 5) is 24.3. The van der Waals surface area contributed by atoms with Crippen molar-refractivity contribution in [2.75, 3.05) is 17.2 Å². The average Bonchev–Trinajstić information content (AvgIpc) is 2.76. The van der Waals surface area contributed by atoms with Gasteiger partial charge in [-0.1, -0.05) is 29.4 Å². The summed E-state index contributed by atoms with van der Waals surface area (Å²) in [6, 6.07) is 3.51. The molecule has 3 nitrogen and oxygen atoms in total. The zero-order chi connectivity index (χ0) is 16.5. The van der Waals surface area contributed by atoms with Gasteiger partial charge in [0.2, 0.25) is 5.91 Å². The molecular formula is C14H13ClF3NO2S. The third-order valence-corrected chi connectivity index (χ3v) is 4.74. The predicted molar refractivity (Wildman–Crippen MR) is 80.1 cm³/mol. The number of benzene rings is 1. The number of alkyl halides is 3. The second kappa shape index (κ2) is 6.50. The van der Waals surface area contributed by atoms with Crippen molar-refractivity contribution >= 4 is 40.1 Å². The summed E-state index contributed by atoms with van der Waals surface area (Å²) in [6.45, 7) is 1.70. The lowest BCUT2D eigenvalue weighted by molar-refractivity contribution is -0.137. The number of nitrogens with zero attached hydrogens (tertiary/aromatic N) is 1. The van der Waals surface area contributed by atoms with E-state index in [1.807, 2.05) is 0 Å². The fraction of sp³-hybridized carbons (Fsp3) is 0.429. The molecule has 1 saturated heterocycles. The maximum absolute atomic E-state index is 12.9. The number of halogens is 4. The van der Waals surface area contributed by atoms with Gasteiger partial charge in [-0.05, 0) is 18.1 Å². The van der Waals surface area contributed by atoms with Crippen molar-refractivity contribution in [3.63, 3.8) is 0 Å². The molecule has 0 saturated carbocycles. The SMILES string of the molecule is CC(=O)SCC1CC(=O)N(c2cccc(C(F)(F)F)c2Cl)C1. The zero-order valence-corrected chi connectivity index (χ0v) is 13.2. The van der Waals surface area contributed by atoms with Crippen LogP contribution in [-0.4, -0.2) is 23.3 Å². The zero-order valence-electron chi connectivity index (χ0n) is 11.6. The average molecular weight is 352 g/mol. The highest BCUT2D eigenvalue weighted by Crippen LogP contribution is 2.41. The van der Waals surface area contributed by atoms with Crippen LogP contribution in [-0.2, 0) is 15.8 Å². The second-order valence-corrected chi connectivity index (χ2v) is 6.59. The number of thioether (sulfide) groups is 1. The normalized spacial score (nSPS) is 18.9. The first kappa shape index (κ1) is 17.1. The van der Waals surface area contributed by atoms with Crippen LogP contribution in [0.3, 0.4) is 0 Å². The van der Waals surface area contributed by atoms with Gasteiger partial charge in [-0.2, -0.15) is 13.2 Å². The van der Waals surface area contributed by atoms with E-state index in [4.69, 9.17) is 11.6 Å². The van der Waals surface area contributed by atoms with Gasteiger partial charge in [0.15, 0.2) is 5.12 Å². The van der Waals surface area contributed by atoms with Crippen LogP contribution in [0.5, 0.6) is 0 Å². The van der Waals surface area contributed by atoms with Gasteiger partial charge in [0.1, 0.15) is 0 Å². The largest absolute Gasteiger partial charge is 0.417 e. The first-order valence-corrected chi connectivity index (χ1v) is 7.86. The molecule has 0 N–H and O–H groups in total. The first-order valence-electron chi connectivity index (χ1n) is 6.49. The summed E-state index contributed by atoms with van der Waals surface area (Å²) in [5, 5.41) is -0.522. The summed E-state index contributed by atoms with van der Waals surface area (Å²) < 4.78 is 38.6. The molecule has 0 radical (unpaired) electrons. The van der Waals surface area contributed by atoms with E-state index < -0.39 is 16.8 Å². The minimum absolute atomic E-state index is 0.0528. The Morgan fingerprint density at radius 2 is 2.14 bits per heavy atom.